The van der Waals surface area contributed by atoms with Gasteiger partial charge in [0, 0.05) is 38.9 Å². The first-order chi connectivity index (χ1) is 20.7. The van der Waals surface area contributed by atoms with Gasteiger partial charge in [-0.15, -0.1) is 0 Å². The molecule has 0 radical (unpaired) electrons. The highest BCUT2D eigenvalue weighted by atomic mass is 127. The van der Waals surface area contributed by atoms with Crippen LogP contribution < -0.4 is 10.5 Å². The van der Waals surface area contributed by atoms with Gasteiger partial charge in [0.2, 0.25) is 5.89 Å². The average molecular weight is 879 g/mol. The van der Waals surface area contributed by atoms with Gasteiger partial charge in [0.15, 0.2) is 31.1 Å². The van der Waals surface area contributed by atoms with Crippen LogP contribution in [0.15, 0.2) is 89.6 Å². The number of nitrogens with two attached hydrogens (primary N) is 1. The van der Waals surface area contributed by atoms with Crippen LogP contribution in [-0.2, 0) is 18.1 Å². The van der Waals surface area contributed by atoms with Crippen molar-refractivity contribution in [2.45, 2.75) is 27.1 Å². The highest BCUT2D eigenvalue weighted by Crippen LogP contribution is 2.45. The highest BCUT2D eigenvalue weighted by molar-refractivity contribution is 14.1. The molecule has 2 aromatic carbocycles. The molecule has 15 heteroatoms. The molecule has 0 bridgehead atoms. The van der Waals surface area contributed by atoms with E-state index in [1.807, 2.05) is 68.2 Å². The Morgan fingerprint density at radius 1 is 0.956 bits per heavy atom. The first-order valence-electron chi connectivity index (χ1n) is 12.8. The van der Waals surface area contributed by atoms with Crippen molar-refractivity contribution >= 4 is 84.6 Å². The Labute approximate surface area is 291 Å². The summed E-state index contributed by atoms with van der Waals surface area (Å²) in [6.07, 6.45) is 3.23. The SMILES string of the molecule is C.COP(C)(=O)O[Si](C)(C)C.Ic1cccc(-c2nc3ncccc3o2)c1.Nc1ncccc1O.O=COc1cccc(I)c1. The number of pyridine rings is 2. The van der Waals surface area contributed by atoms with E-state index < -0.39 is 15.9 Å². The van der Waals surface area contributed by atoms with E-state index >= 15 is 0 Å². The molecule has 3 aromatic heterocycles. The van der Waals surface area contributed by atoms with Crippen LogP contribution in [0.1, 0.15) is 7.43 Å². The smallest absolute Gasteiger partial charge is 0.317 e. The summed E-state index contributed by atoms with van der Waals surface area (Å²) in [6, 6.07) is 22.1. The van der Waals surface area contributed by atoms with Crippen LogP contribution in [0.5, 0.6) is 11.5 Å². The first-order valence-corrected chi connectivity index (χ1v) is 20.4. The number of aromatic hydroxyl groups is 1. The van der Waals surface area contributed by atoms with E-state index in [1.54, 1.807) is 24.4 Å². The van der Waals surface area contributed by atoms with E-state index in [9.17, 15) is 9.36 Å². The molecule has 0 aliphatic rings. The van der Waals surface area contributed by atoms with E-state index in [2.05, 4.69) is 69.4 Å². The third-order valence-electron chi connectivity index (χ3n) is 4.80. The van der Waals surface area contributed by atoms with E-state index in [4.69, 9.17) is 19.5 Å². The quantitative estimate of drug-likeness (QED) is 0.0728. The maximum Gasteiger partial charge on any atom is 0.317 e. The molecule has 5 aromatic rings. The highest BCUT2D eigenvalue weighted by Gasteiger charge is 2.25. The fourth-order valence-corrected chi connectivity index (χ4v) is 8.39. The van der Waals surface area contributed by atoms with E-state index in [-0.39, 0.29) is 19.0 Å². The summed E-state index contributed by atoms with van der Waals surface area (Å²) in [5, 5.41) is 8.73. The van der Waals surface area contributed by atoms with Crippen LogP contribution in [0.4, 0.5) is 5.82 Å². The maximum atomic E-state index is 11.2. The molecular formula is C30H37I2N4O7PSi. The number of rotatable bonds is 6. The van der Waals surface area contributed by atoms with Gasteiger partial charge in [-0.1, -0.05) is 19.6 Å². The van der Waals surface area contributed by atoms with Gasteiger partial charge in [0.1, 0.15) is 5.75 Å². The zero-order chi connectivity index (χ0) is 32.8. The third kappa shape index (κ3) is 15.8. The number of nitrogen functional groups attached to an aromatic ring is 1. The summed E-state index contributed by atoms with van der Waals surface area (Å²) in [4.78, 5) is 22.0. The van der Waals surface area contributed by atoms with E-state index in [0.717, 1.165) is 18.3 Å². The number of benzene rings is 2. The number of ether oxygens (including phenoxy) is 1. The van der Waals surface area contributed by atoms with Crippen molar-refractivity contribution < 1.29 is 32.4 Å². The molecular weight excluding hydrogens is 841 g/mol. The molecule has 3 N–H and O–H groups in total. The van der Waals surface area contributed by atoms with Gasteiger partial charge in [-0.2, -0.15) is 4.98 Å². The molecule has 242 valence electrons. The zero-order valence-electron chi connectivity index (χ0n) is 24.7. The minimum absolute atomic E-state index is 0. The van der Waals surface area contributed by atoms with Crippen molar-refractivity contribution in [3.05, 3.63) is 92.3 Å². The van der Waals surface area contributed by atoms with Crippen molar-refractivity contribution in [3.8, 4) is 23.0 Å². The molecule has 3 heterocycles. The second kappa shape index (κ2) is 19.6. The standard InChI is InChI=1S/C12H7IN2O.C7H5IO2.C5H6N2O.C5H15O3PSi.CH4/c13-9-4-1-3-8(7-9)12-15-11-10(16-12)5-2-6-14-11;8-6-2-1-3-7(4-6)10-5-9;6-5-4(8)2-1-3-7-5;1-7-9(2,6)8-10(3,4)5;/h1-7H;1-5H;1-3,8H,(H2,6,7);1-5H3;1H4. The van der Waals surface area contributed by atoms with Crippen molar-refractivity contribution in [3.63, 3.8) is 0 Å². The summed E-state index contributed by atoms with van der Waals surface area (Å²) >= 11 is 4.41. The Bertz CT molecular complexity index is 1630. The number of hydrogen-bond donors (Lipinski definition) is 2. The lowest BCUT2D eigenvalue weighted by molar-refractivity contribution is -0.120. The molecule has 0 spiro atoms. The number of fused-ring (bicyclic) bond motifs is 1. The van der Waals surface area contributed by atoms with Gasteiger partial charge < -0.3 is 28.7 Å². The largest absolute Gasteiger partial charge is 0.504 e. The number of nitrogens with zero attached hydrogens (tertiary/aromatic N) is 3. The molecule has 0 aliphatic carbocycles. The molecule has 1 atom stereocenters. The Morgan fingerprint density at radius 3 is 2.07 bits per heavy atom. The van der Waals surface area contributed by atoms with Gasteiger partial charge in [-0.05, 0) is 125 Å². The number of carbonyl (C=O) groups excluding carboxylic acids is 1. The lowest BCUT2D eigenvalue weighted by Gasteiger charge is -2.21. The maximum absolute atomic E-state index is 11.2. The van der Waals surface area contributed by atoms with E-state index in [0.29, 0.717) is 23.8 Å². The molecule has 0 saturated carbocycles. The molecule has 45 heavy (non-hydrogen) atoms. The normalized spacial score (nSPS) is 11.5. The summed E-state index contributed by atoms with van der Waals surface area (Å²) in [6.45, 7) is 7.84. The van der Waals surface area contributed by atoms with Crippen LogP contribution in [0.3, 0.4) is 0 Å². The zero-order valence-corrected chi connectivity index (χ0v) is 30.9. The van der Waals surface area contributed by atoms with Gasteiger partial charge in [0.05, 0.1) is 0 Å². The van der Waals surface area contributed by atoms with Crippen molar-refractivity contribution in [1.29, 1.82) is 0 Å². The van der Waals surface area contributed by atoms with Crippen molar-refractivity contribution in [2.75, 3.05) is 19.5 Å². The topological polar surface area (TPSA) is 160 Å². The average Bonchev–Trinajstić information content (AvgIpc) is 3.40. The van der Waals surface area contributed by atoms with Crippen LogP contribution in [-0.4, -0.2) is 48.6 Å². The Hall–Kier alpha value is -2.89. The number of oxazole rings is 1. The van der Waals surface area contributed by atoms with Crippen LogP contribution >= 0.6 is 52.8 Å². The Morgan fingerprint density at radius 2 is 1.58 bits per heavy atom. The van der Waals surface area contributed by atoms with Gasteiger partial charge >= 0.3 is 7.60 Å². The first kappa shape index (κ1) is 40.1. The van der Waals surface area contributed by atoms with Gasteiger partial charge in [-0.25, -0.2) is 9.97 Å². The number of halogens is 2. The molecule has 0 saturated heterocycles. The number of carbonyl (C=O) groups is 1. The van der Waals surface area contributed by atoms with Crippen LogP contribution in [0.25, 0.3) is 22.7 Å². The lowest BCUT2D eigenvalue weighted by Crippen LogP contribution is -2.23. The fraction of sp³-hybridized carbons (Fsp3) is 0.200. The van der Waals surface area contributed by atoms with Gasteiger partial charge in [0.25, 0.3) is 6.47 Å². The second-order valence-corrected chi connectivity index (χ2v) is 18.9. The summed E-state index contributed by atoms with van der Waals surface area (Å²) in [5.74, 6) is 1.41. The van der Waals surface area contributed by atoms with Gasteiger partial charge in [-0.3, -0.25) is 9.36 Å². The Kier molecular flexibility index (Phi) is 17.5. The number of hydrogen-bond acceptors (Lipinski definition) is 11. The molecule has 0 fully saturated rings. The van der Waals surface area contributed by atoms with Crippen molar-refractivity contribution in [2.24, 2.45) is 0 Å². The minimum atomic E-state index is -2.73. The van der Waals surface area contributed by atoms with Crippen molar-refractivity contribution in [1.82, 2.24) is 15.0 Å². The second-order valence-electron chi connectivity index (χ2n) is 9.59. The summed E-state index contributed by atoms with van der Waals surface area (Å²) in [5.41, 5.74) is 7.50. The predicted octanol–water partition coefficient (Wildman–Crippen LogP) is 8.63. The monoisotopic (exact) mass is 878 g/mol. The van der Waals surface area contributed by atoms with Crippen LogP contribution in [0.2, 0.25) is 19.6 Å². The Balaban J connectivity index is 0.000000310. The molecule has 0 aliphatic heterocycles. The molecule has 11 nitrogen and oxygen atoms in total. The third-order valence-corrected chi connectivity index (χ3v) is 10.3. The lowest BCUT2D eigenvalue weighted by atomic mass is 10.2. The fourth-order valence-electron chi connectivity index (χ4n) is 3.05. The summed E-state index contributed by atoms with van der Waals surface area (Å²) in [7, 11) is -3.03. The summed E-state index contributed by atoms with van der Waals surface area (Å²) < 4.78 is 33.6. The van der Waals surface area contributed by atoms with E-state index in [1.165, 1.54) is 26.0 Å². The number of aromatic nitrogens is 3. The molecule has 0 amide bonds. The minimum Gasteiger partial charge on any atom is -0.504 e. The van der Waals surface area contributed by atoms with Crippen LogP contribution in [0, 0.1) is 7.14 Å². The molecule has 1 unspecified atom stereocenters. The molecule has 5 rings (SSSR count). The number of anilines is 1. The predicted molar refractivity (Wildman–Crippen MR) is 198 cm³/mol.